The summed E-state index contributed by atoms with van der Waals surface area (Å²) >= 11 is 5.61. The molecule has 0 aliphatic rings. The highest BCUT2D eigenvalue weighted by Gasteiger charge is 2.16. The molecule has 24 heavy (non-hydrogen) atoms. The molecule has 6 heteroatoms. The molecule has 2 aromatic carbocycles. The molecule has 0 heterocycles. The molecule has 0 saturated carbocycles. The maximum absolute atomic E-state index is 13.5. The van der Waals surface area contributed by atoms with Crippen LogP contribution in [-0.2, 0) is 4.79 Å². The molecule has 0 bridgehead atoms. The van der Waals surface area contributed by atoms with Crippen LogP contribution < -0.4 is 5.32 Å². The van der Waals surface area contributed by atoms with Gasteiger partial charge in [-0.15, -0.1) is 0 Å². The van der Waals surface area contributed by atoms with Gasteiger partial charge in [0.2, 0.25) is 5.91 Å². The third-order valence-corrected chi connectivity index (χ3v) is 3.85. The third-order valence-electron chi connectivity index (χ3n) is 3.54. The number of rotatable bonds is 7. The standard InChI is InChI=1S/C18H17ClFNO3/c19-14-7-6-13(10-15(14)20)16(11-22)21-18(24)9-8-17(23)12-4-2-1-3-5-12/h1-7,10,16,22H,8-9,11H2,(H,21,24). The predicted molar refractivity (Wildman–Crippen MR) is 89.4 cm³/mol. The molecule has 0 aliphatic carbocycles. The number of carbonyl (C=O) groups is 2. The summed E-state index contributed by atoms with van der Waals surface area (Å²) in [5, 5.41) is 12.0. The molecule has 0 fully saturated rings. The van der Waals surface area contributed by atoms with Gasteiger partial charge in [0.05, 0.1) is 17.7 Å². The molecule has 4 nitrogen and oxygen atoms in total. The van der Waals surface area contributed by atoms with Gasteiger partial charge >= 0.3 is 0 Å². The van der Waals surface area contributed by atoms with Crippen molar-refractivity contribution in [2.45, 2.75) is 18.9 Å². The molecule has 0 saturated heterocycles. The van der Waals surface area contributed by atoms with Crippen LogP contribution in [0.3, 0.4) is 0 Å². The summed E-state index contributed by atoms with van der Waals surface area (Å²) < 4.78 is 13.5. The number of benzene rings is 2. The molecule has 1 atom stereocenters. The summed E-state index contributed by atoms with van der Waals surface area (Å²) in [7, 11) is 0. The van der Waals surface area contributed by atoms with E-state index in [2.05, 4.69) is 5.32 Å². The Balaban J connectivity index is 1.92. The Morgan fingerprint density at radius 1 is 1.12 bits per heavy atom. The minimum Gasteiger partial charge on any atom is -0.394 e. The van der Waals surface area contributed by atoms with Gasteiger partial charge in [-0.2, -0.15) is 0 Å². The fourth-order valence-electron chi connectivity index (χ4n) is 2.23. The molecular weight excluding hydrogens is 333 g/mol. The highest BCUT2D eigenvalue weighted by molar-refractivity contribution is 6.30. The van der Waals surface area contributed by atoms with Crippen LogP contribution in [0.1, 0.15) is 34.8 Å². The van der Waals surface area contributed by atoms with Crippen molar-refractivity contribution in [2.75, 3.05) is 6.61 Å². The Labute approximate surface area is 144 Å². The monoisotopic (exact) mass is 349 g/mol. The van der Waals surface area contributed by atoms with Crippen LogP contribution in [0.5, 0.6) is 0 Å². The fraction of sp³-hybridized carbons (Fsp3) is 0.222. The minimum absolute atomic E-state index is 0.0136. The maximum atomic E-state index is 13.5. The summed E-state index contributed by atoms with van der Waals surface area (Å²) in [5.41, 5.74) is 0.950. The SMILES string of the molecule is O=C(CCC(=O)c1ccccc1)NC(CO)c1ccc(Cl)c(F)c1. The number of hydrogen-bond acceptors (Lipinski definition) is 3. The number of amides is 1. The fourth-order valence-corrected chi connectivity index (χ4v) is 2.34. The van der Waals surface area contributed by atoms with E-state index >= 15 is 0 Å². The Morgan fingerprint density at radius 2 is 1.83 bits per heavy atom. The predicted octanol–water partition coefficient (Wildman–Crippen LogP) is 3.29. The van der Waals surface area contributed by atoms with E-state index in [1.165, 1.54) is 18.2 Å². The summed E-state index contributed by atoms with van der Waals surface area (Å²) in [6, 6.07) is 12.0. The van der Waals surface area contributed by atoms with Crippen molar-refractivity contribution in [3.05, 3.63) is 70.5 Å². The second kappa shape index (κ2) is 8.57. The molecule has 126 valence electrons. The first kappa shape index (κ1) is 18.1. The number of carbonyl (C=O) groups excluding carboxylic acids is 2. The van der Waals surface area contributed by atoms with Crippen molar-refractivity contribution >= 4 is 23.3 Å². The second-order valence-corrected chi connectivity index (χ2v) is 5.67. The van der Waals surface area contributed by atoms with E-state index < -0.39 is 17.8 Å². The Bertz CT molecular complexity index is 721. The summed E-state index contributed by atoms with van der Waals surface area (Å²) in [4.78, 5) is 23.9. The van der Waals surface area contributed by atoms with Crippen LogP contribution in [0.4, 0.5) is 4.39 Å². The number of hydrogen-bond donors (Lipinski definition) is 2. The largest absolute Gasteiger partial charge is 0.394 e. The zero-order chi connectivity index (χ0) is 17.5. The van der Waals surface area contributed by atoms with Crippen LogP contribution in [-0.4, -0.2) is 23.4 Å². The first-order chi connectivity index (χ1) is 11.5. The van der Waals surface area contributed by atoms with Crippen molar-refractivity contribution in [3.63, 3.8) is 0 Å². The van der Waals surface area contributed by atoms with Gasteiger partial charge in [0.25, 0.3) is 0 Å². The molecular formula is C18H17ClFNO3. The van der Waals surface area contributed by atoms with Crippen molar-refractivity contribution in [2.24, 2.45) is 0 Å². The number of ketones is 1. The number of nitrogens with one attached hydrogen (secondary N) is 1. The highest BCUT2D eigenvalue weighted by Crippen LogP contribution is 2.20. The van der Waals surface area contributed by atoms with Crippen molar-refractivity contribution < 1.29 is 19.1 Å². The van der Waals surface area contributed by atoms with E-state index in [4.69, 9.17) is 11.6 Å². The van der Waals surface area contributed by atoms with Gasteiger partial charge in [0, 0.05) is 18.4 Å². The van der Waals surface area contributed by atoms with Crippen molar-refractivity contribution in [1.29, 1.82) is 0 Å². The Morgan fingerprint density at radius 3 is 2.46 bits per heavy atom. The van der Waals surface area contributed by atoms with Gasteiger partial charge in [-0.3, -0.25) is 9.59 Å². The number of aliphatic hydroxyl groups excluding tert-OH is 1. The second-order valence-electron chi connectivity index (χ2n) is 5.27. The van der Waals surface area contributed by atoms with Crippen LogP contribution >= 0.6 is 11.6 Å². The normalized spacial score (nSPS) is 11.8. The average molecular weight is 350 g/mol. The van der Waals surface area contributed by atoms with Gasteiger partial charge < -0.3 is 10.4 Å². The van der Waals surface area contributed by atoms with Crippen LogP contribution in [0.25, 0.3) is 0 Å². The summed E-state index contributed by atoms with van der Waals surface area (Å²) in [5.74, 6) is -1.15. The van der Waals surface area contributed by atoms with Crippen LogP contribution in [0.15, 0.2) is 48.5 Å². The molecule has 0 spiro atoms. The zero-order valence-electron chi connectivity index (χ0n) is 12.8. The molecule has 1 amide bonds. The van der Waals surface area contributed by atoms with Gasteiger partial charge in [0.15, 0.2) is 5.78 Å². The van der Waals surface area contributed by atoms with E-state index in [1.54, 1.807) is 30.3 Å². The lowest BCUT2D eigenvalue weighted by Gasteiger charge is -2.17. The van der Waals surface area contributed by atoms with E-state index in [0.717, 1.165) is 0 Å². The first-order valence-corrected chi connectivity index (χ1v) is 7.82. The molecule has 0 aliphatic heterocycles. The Kier molecular flexibility index (Phi) is 6.46. The minimum atomic E-state index is -0.754. The molecule has 0 radical (unpaired) electrons. The smallest absolute Gasteiger partial charge is 0.221 e. The van der Waals surface area contributed by atoms with Crippen molar-refractivity contribution in [1.82, 2.24) is 5.32 Å². The van der Waals surface area contributed by atoms with Crippen molar-refractivity contribution in [3.8, 4) is 0 Å². The number of halogens is 2. The molecule has 0 aromatic heterocycles. The van der Waals surface area contributed by atoms with Gasteiger partial charge in [-0.25, -0.2) is 4.39 Å². The molecule has 2 aromatic rings. The van der Waals surface area contributed by atoms with Gasteiger partial charge in [-0.05, 0) is 17.7 Å². The summed E-state index contributed by atoms with van der Waals surface area (Å²) in [6.07, 6.45) is 0.0449. The molecule has 2 rings (SSSR count). The third kappa shape index (κ3) is 4.88. The number of Topliss-reactive ketones (excluding diaryl/α,β-unsaturated/α-hetero) is 1. The molecule has 1 unspecified atom stereocenters. The number of aliphatic hydroxyl groups is 1. The van der Waals surface area contributed by atoms with E-state index in [1.807, 2.05) is 0 Å². The summed E-state index contributed by atoms with van der Waals surface area (Å²) in [6.45, 7) is -0.389. The molecule has 2 N–H and O–H groups in total. The van der Waals surface area contributed by atoms with Gasteiger partial charge in [-0.1, -0.05) is 48.0 Å². The lowest BCUT2D eigenvalue weighted by Crippen LogP contribution is -2.31. The lowest BCUT2D eigenvalue weighted by atomic mass is 10.1. The van der Waals surface area contributed by atoms with Gasteiger partial charge in [0.1, 0.15) is 5.82 Å². The highest BCUT2D eigenvalue weighted by atomic mass is 35.5. The first-order valence-electron chi connectivity index (χ1n) is 7.44. The Hall–Kier alpha value is -2.24. The topological polar surface area (TPSA) is 66.4 Å². The van der Waals surface area contributed by atoms with Crippen LogP contribution in [0, 0.1) is 5.82 Å². The average Bonchev–Trinajstić information content (AvgIpc) is 2.60. The van der Waals surface area contributed by atoms with Crippen LogP contribution in [0.2, 0.25) is 5.02 Å². The van der Waals surface area contributed by atoms with E-state index in [-0.39, 0.29) is 30.3 Å². The maximum Gasteiger partial charge on any atom is 0.221 e. The zero-order valence-corrected chi connectivity index (χ0v) is 13.6. The van der Waals surface area contributed by atoms with E-state index in [0.29, 0.717) is 11.1 Å². The quantitative estimate of drug-likeness (QED) is 0.754. The van der Waals surface area contributed by atoms with E-state index in [9.17, 15) is 19.1 Å². The lowest BCUT2D eigenvalue weighted by molar-refractivity contribution is -0.122.